The largest absolute Gasteiger partial charge is 0.379 e. The summed E-state index contributed by atoms with van der Waals surface area (Å²) in [6.07, 6.45) is 3.29. The van der Waals surface area contributed by atoms with E-state index in [0.29, 0.717) is 31.2 Å². The van der Waals surface area contributed by atoms with E-state index < -0.39 is 0 Å². The molecule has 1 aromatic rings. The van der Waals surface area contributed by atoms with Crippen LogP contribution in [0, 0.1) is 0 Å². The fourth-order valence-corrected chi connectivity index (χ4v) is 2.39. The van der Waals surface area contributed by atoms with Crippen molar-refractivity contribution in [2.45, 2.75) is 31.2 Å². The maximum atomic E-state index is 11.9. The van der Waals surface area contributed by atoms with Crippen molar-refractivity contribution in [3.8, 4) is 0 Å². The van der Waals surface area contributed by atoms with Crippen LogP contribution in [0.1, 0.15) is 35.2 Å². The van der Waals surface area contributed by atoms with Crippen molar-refractivity contribution in [3.63, 3.8) is 0 Å². The maximum Gasteiger partial charge on any atom is 0.251 e. The maximum absolute atomic E-state index is 11.9. The third-order valence-corrected chi connectivity index (χ3v) is 3.76. The first-order chi connectivity index (χ1) is 10.3. The molecule has 0 saturated carbocycles. The van der Waals surface area contributed by atoms with Gasteiger partial charge in [-0.3, -0.25) is 4.79 Å². The Morgan fingerprint density at radius 2 is 2.19 bits per heavy atom. The van der Waals surface area contributed by atoms with Crippen molar-refractivity contribution >= 4 is 17.5 Å². The normalized spacial score (nSPS) is 17.9. The number of benzene rings is 1. The molecule has 0 aliphatic carbocycles. The first-order valence-electron chi connectivity index (χ1n) is 7.42. The van der Waals surface area contributed by atoms with E-state index in [1.54, 1.807) is 12.1 Å². The van der Waals surface area contributed by atoms with E-state index in [1.807, 2.05) is 12.1 Å². The van der Waals surface area contributed by atoms with Crippen LogP contribution in [0.3, 0.4) is 0 Å². The highest BCUT2D eigenvalue weighted by atomic mass is 35.5. The first kappa shape index (κ1) is 16.3. The first-order valence-corrected chi connectivity index (χ1v) is 7.95. The van der Waals surface area contributed by atoms with Crippen LogP contribution >= 0.6 is 11.6 Å². The lowest BCUT2D eigenvalue weighted by Crippen LogP contribution is -2.25. The molecular weight excluding hydrogens is 290 g/mol. The molecule has 1 aliphatic rings. The van der Waals surface area contributed by atoms with Gasteiger partial charge in [0.15, 0.2) is 0 Å². The summed E-state index contributed by atoms with van der Waals surface area (Å²) in [6, 6.07) is 7.32. The zero-order valence-corrected chi connectivity index (χ0v) is 12.9. The molecule has 1 aromatic carbocycles. The average molecular weight is 312 g/mol. The van der Waals surface area contributed by atoms with Gasteiger partial charge in [-0.05, 0) is 37.0 Å². The van der Waals surface area contributed by atoms with Crippen molar-refractivity contribution < 1.29 is 14.3 Å². The number of amides is 1. The van der Waals surface area contributed by atoms with Crippen LogP contribution in [0.4, 0.5) is 0 Å². The topological polar surface area (TPSA) is 47.6 Å². The molecule has 1 saturated heterocycles. The average Bonchev–Trinajstić information content (AvgIpc) is 3.04. The van der Waals surface area contributed by atoms with Crippen LogP contribution in [0.2, 0.25) is 0 Å². The van der Waals surface area contributed by atoms with E-state index in [2.05, 4.69) is 5.32 Å². The fourth-order valence-electron chi connectivity index (χ4n) is 2.21. The van der Waals surface area contributed by atoms with E-state index in [0.717, 1.165) is 31.4 Å². The zero-order valence-electron chi connectivity index (χ0n) is 12.1. The third-order valence-electron chi connectivity index (χ3n) is 3.45. The van der Waals surface area contributed by atoms with Gasteiger partial charge < -0.3 is 14.8 Å². The highest BCUT2D eigenvalue weighted by molar-refractivity contribution is 6.17. The Kier molecular flexibility index (Phi) is 7.00. The molecule has 1 fully saturated rings. The summed E-state index contributed by atoms with van der Waals surface area (Å²) in [5.74, 6) is 0.402. The van der Waals surface area contributed by atoms with E-state index >= 15 is 0 Å². The fraction of sp³-hybridized carbons (Fsp3) is 0.562. The molecule has 1 unspecified atom stereocenters. The Morgan fingerprint density at radius 3 is 2.86 bits per heavy atom. The Morgan fingerprint density at radius 1 is 1.38 bits per heavy atom. The predicted octanol–water partition coefficient (Wildman–Crippen LogP) is 2.74. The molecule has 1 atom stereocenters. The predicted molar refractivity (Wildman–Crippen MR) is 82.7 cm³/mol. The molecule has 0 aromatic heterocycles. The Labute approximate surface area is 130 Å². The van der Waals surface area contributed by atoms with Gasteiger partial charge in [0.1, 0.15) is 0 Å². The number of carbonyl (C=O) groups is 1. The minimum atomic E-state index is -0.0600. The molecule has 4 nitrogen and oxygen atoms in total. The smallest absolute Gasteiger partial charge is 0.251 e. The van der Waals surface area contributed by atoms with Crippen LogP contribution < -0.4 is 5.32 Å². The van der Waals surface area contributed by atoms with Crippen molar-refractivity contribution in [2.75, 3.05) is 26.4 Å². The SMILES string of the molecule is O=C(NCCCOCC1CCCO1)c1ccc(CCl)cc1. The van der Waals surface area contributed by atoms with Gasteiger partial charge in [0, 0.05) is 31.2 Å². The van der Waals surface area contributed by atoms with E-state index in [4.69, 9.17) is 21.1 Å². The van der Waals surface area contributed by atoms with Gasteiger partial charge in [0.2, 0.25) is 0 Å². The van der Waals surface area contributed by atoms with E-state index in [1.165, 1.54) is 0 Å². The second kappa shape index (κ2) is 9.03. The van der Waals surface area contributed by atoms with Crippen molar-refractivity contribution in [1.82, 2.24) is 5.32 Å². The molecule has 1 N–H and O–H groups in total. The summed E-state index contributed by atoms with van der Waals surface area (Å²) >= 11 is 5.71. The number of ether oxygens (including phenoxy) is 2. The minimum absolute atomic E-state index is 0.0600. The molecule has 2 rings (SSSR count). The molecule has 5 heteroatoms. The number of hydrogen-bond acceptors (Lipinski definition) is 3. The molecule has 0 bridgehead atoms. The minimum Gasteiger partial charge on any atom is -0.379 e. The number of alkyl halides is 1. The summed E-state index contributed by atoms with van der Waals surface area (Å²) in [5.41, 5.74) is 1.67. The lowest BCUT2D eigenvalue weighted by atomic mass is 10.1. The Balaban J connectivity index is 1.55. The molecule has 0 spiro atoms. The highest BCUT2D eigenvalue weighted by Gasteiger charge is 2.14. The molecule has 116 valence electrons. The van der Waals surface area contributed by atoms with E-state index in [9.17, 15) is 4.79 Å². The summed E-state index contributed by atoms with van der Waals surface area (Å²) in [6.45, 7) is 2.77. The summed E-state index contributed by atoms with van der Waals surface area (Å²) in [4.78, 5) is 11.9. The summed E-state index contributed by atoms with van der Waals surface area (Å²) in [5, 5.41) is 2.88. The monoisotopic (exact) mass is 311 g/mol. The zero-order chi connectivity index (χ0) is 14.9. The molecule has 0 radical (unpaired) electrons. The molecule has 21 heavy (non-hydrogen) atoms. The lowest BCUT2D eigenvalue weighted by Gasteiger charge is -2.10. The van der Waals surface area contributed by atoms with Gasteiger partial charge in [-0.25, -0.2) is 0 Å². The van der Waals surface area contributed by atoms with E-state index in [-0.39, 0.29) is 12.0 Å². The second-order valence-electron chi connectivity index (χ2n) is 5.15. The van der Waals surface area contributed by atoms with Gasteiger partial charge in [-0.2, -0.15) is 0 Å². The highest BCUT2D eigenvalue weighted by Crippen LogP contribution is 2.11. The third kappa shape index (κ3) is 5.65. The van der Waals surface area contributed by atoms with Gasteiger partial charge in [-0.1, -0.05) is 12.1 Å². The van der Waals surface area contributed by atoms with Gasteiger partial charge in [-0.15, -0.1) is 11.6 Å². The van der Waals surface area contributed by atoms with Crippen molar-refractivity contribution in [1.29, 1.82) is 0 Å². The molecule has 1 amide bonds. The van der Waals surface area contributed by atoms with Crippen LogP contribution in [0.25, 0.3) is 0 Å². The number of halogens is 1. The molecular formula is C16H22ClNO3. The standard InChI is InChI=1S/C16H22ClNO3/c17-11-13-4-6-14(7-5-13)16(19)18-8-2-9-20-12-15-3-1-10-21-15/h4-7,15H,1-3,8-12H2,(H,18,19). The van der Waals surface area contributed by atoms with Crippen molar-refractivity contribution in [2.24, 2.45) is 0 Å². The Hall–Kier alpha value is -1.10. The van der Waals surface area contributed by atoms with Crippen LogP contribution in [0.15, 0.2) is 24.3 Å². The molecule has 1 heterocycles. The van der Waals surface area contributed by atoms with Crippen LogP contribution in [0.5, 0.6) is 0 Å². The number of nitrogens with one attached hydrogen (secondary N) is 1. The summed E-state index contributed by atoms with van der Waals surface area (Å²) in [7, 11) is 0. The summed E-state index contributed by atoms with van der Waals surface area (Å²) < 4.78 is 11.0. The van der Waals surface area contributed by atoms with Gasteiger partial charge >= 0.3 is 0 Å². The second-order valence-corrected chi connectivity index (χ2v) is 5.42. The number of rotatable bonds is 8. The molecule has 1 aliphatic heterocycles. The number of hydrogen-bond donors (Lipinski definition) is 1. The Bertz CT molecular complexity index is 430. The van der Waals surface area contributed by atoms with Gasteiger partial charge in [0.25, 0.3) is 5.91 Å². The quantitative estimate of drug-likeness (QED) is 0.593. The van der Waals surface area contributed by atoms with Crippen molar-refractivity contribution in [3.05, 3.63) is 35.4 Å². The van der Waals surface area contributed by atoms with Gasteiger partial charge in [0.05, 0.1) is 12.7 Å². The van der Waals surface area contributed by atoms with Crippen LogP contribution in [-0.2, 0) is 15.4 Å². The lowest BCUT2D eigenvalue weighted by molar-refractivity contribution is 0.0166. The number of carbonyl (C=O) groups excluding carboxylic acids is 1. The van der Waals surface area contributed by atoms with Crippen LogP contribution in [-0.4, -0.2) is 38.4 Å².